The highest BCUT2D eigenvalue weighted by atomic mass is 79.9. The molecule has 0 radical (unpaired) electrons. The first-order valence-electron chi connectivity index (χ1n) is 29.4. The minimum Gasteiger partial charge on any atom is -0.487 e. The van der Waals surface area contributed by atoms with Gasteiger partial charge in [-0.25, -0.2) is 32.3 Å². The number of carbonyl (C=O) groups is 4. The molecule has 0 aliphatic carbocycles. The van der Waals surface area contributed by atoms with Gasteiger partial charge < -0.3 is 28.6 Å². The van der Waals surface area contributed by atoms with Crippen LogP contribution in [0.25, 0.3) is 21.3 Å². The van der Waals surface area contributed by atoms with Crippen molar-refractivity contribution in [3.63, 3.8) is 0 Å². The number of amides is 1. The minimum atomic E-state index is -3.08. The van der Waals surface area contributed by atoms with E-state index in [1.165, 1.54) is 11.3 Å². The van der Waals surface area contributed by atoms with Gasteiger partial charge in [0.15, 0.2) is 24.0 Å². The maximum atomic E-state index is 15.4. The standard InChI is InChI=1S/C46H51F2N5O6S.C19H26BrF2NO3/c1-6-57-40(54)27-52-22-19-30(20-23-52)25-46(47,48)28-58-37-15-10-12-32(29(37)2)33-17-18-39(50-41(33)43(56)59-45(3,4)5)53-24-21-31-11-9-13-34(35(31)26-53)42(55)51-44-49-36-14-7-8-16-38(36)60-44;1-3-25-18(24)12-23-9-7-15(8-10-23)11-19(21,22)13-26-17-6-4-5-16(20)14(17)2/h7-18,30H,6,19-28H2,1-5H3,(H,49,51,55);4-6,15H,3,7-13H2,1-2H3. The molecule has 2 aromatic heterocycles. The fraction of sp³-hybridized carbons (Fsp3) is 0.477. The zero-order chi connectivity index (χ0) is 61.8. The molecule has 9 rings (SSSR count). The summed E-state index contributed by atoms with van der Waals surface area (Å²) in [5.74, 6) is -6.36. The molecule has 0 bridgehead atoms. The Labute approximate surface area is 513 Å². The van der Waals surface area contributed by atoms with E-state index in [0.717, 1.165) is 31.4 Å². The highest BCUT2D eigenvalue weighted by Gasteiger charge is 2.38. The lowest BCUT2D eigenvalue weighted by atomic mass is 9.91. The number of pyridine rings is 1. The number of anilines is 2. The van der Waals surface area contributed by atoms with E-state index in [4.69, 9.17) is 28.7 Å². The number of halogens is 5. The Hall–Kier alpha value is -6.68. The van der Waals surface area contributed by atoms with Crippen LogP contribution in [0.3, 0.4) is 0 Å². The lowest BCUT2D eigenvalue weighted by molar-refractivity contribution is -0.145. The van der Waals surface area contributed by atoms with Crippen molar-refractivity contribution in [3.05, 3.63) is 129 Å². The minimum absolute atomic E-state index is 0.0596. The van der Waals surface area contributed by atoms with Crippen LogP contribution in [-0.2, 0) is 36.8 Å². The number of fused-ring (bicyclic) bond motifs is 2. The van der Waals surface area contributed by atoms with Gasteiger partial charge in [0.05, 0.1) is 36.5 Å². The molecule has 2 fully saturated rings. The van der Waals surface area contributed by atoms with Crippen molar-refractivity contribution in [2.45, 2.75) is 117 Å². The summed E-state index contributed by atoms with van der Waals surface area (Å²) in [5, 5.41) is 3.50. The molecule has 3 aliphatic heterocycles. The monoisotopic (exact) mass is 1270 g/mol. The molecule has 0 spiro atoms. The number of aromatic nitrogens is 2. The number of alkyl halides is 4. The van der Waals surface area contributed by atoms with E-state index >= 15 is 8.78 Å². The van der Waals surface area contributed by atoms with Gasteiger partial charge in [0.2, 0.25) is 0 Å². The first-order valence-corrected chi connectivity index (χ1v) is 31.0. The fourth-order valence-corrected chi connectivity index (χ4v) is 12.2. The second-order valence-electron chi connectivity index (χ2n) is 23.2. The molecular formula is C65H77BrF4N6O9S. The topological polar surface area (TPSA) is 162 Å². The molecule has 2 saturated heterocycles. The van der Waals surface area contributed by atoms with Crippen molar-refractivity contribution in [1.82, 2.24) is 19.8 Å². The Balaban J connectivity index is 0.000000309. The van der Waals surface area contributed by atoms with Crippen LogP contribution in [0.1, 0.15) is 116 Å². The molecule has 1 amide bonds. The average molecular weight is 1270 g/mol. The van der Waals surface area contributed by atoms with Gasteiger partial charge in [0.1, 0.15) is 22.9 Å². The number of carbonyl (C=O) groups excluding carboxylic acids is 4. The Morgan fingerprint density at radius 1 is 0.674 bits per heavy atom. The summed E-state index contributed by atoms with van der Waals surface area (Å²) in [6.45, 7) is 15.5. The van der Waals surface area contributed by atoms with E-state index in [9.17, 15) is 28.0 Å². The van der Waals surface area contributed by atoms with Gasteiger partial charge >= 0.3 is 17.9 Å². The maximum Gasteiger partial charge on any atom is 0.358 e. The molecule has 4 aromatic carbocycles. The molecule has 462 valence electrons. The molecule has 5 heterocycles. The van der Waals surface area contributed by atoms with Crippen molar-refractivity contribution in [1.29, 1.82) is 0 Å². The van der Waals surface area contributed by atoms with Crippen LogP contribution in [0, 0.1) is 25.7 Å². The molecule has 0 saturated carbocycles. The third-order valence-electron chi connectivity index (χ3n) is 15.4. The van der Waals surface area contributed by atoms with Gasteiger partial charge in [-0.3, -0.25) is 29.5 Å². The first-order chi connectivity index (χ1) is 41.0. The van der Waals surface area contributed by atoms with E-state index in [2.05, 4.69) is 26.2 Å². The number of nitrogens with zero attached hydrogens (tertiary/aromatic N) is 5. The predicted octanol–water partition coefficient (Wildman–Crippen LogP) is 13.6. The average Bonchev–Trinajstić information content (AvgIpc) is 1.30. The van der Waals surface area contributed by atoms with Crippen LogP contribution in [-0.4, -0.2) is 133 Å². The number of thiazole rings is 1. The third kappa shape index (κ3) is 18.2. The van der Waals surface area contributed by atoms with Crippen LogP contribution in [0.2, 0.25) is 0 Å². The molecule has 86 heavy (non-hydrogen) atoms. The highest BCUT2D eigenvalue weighted by molar-refractivity contribution is 9.10. The highest BCUT2D eigenvalue weighted by Crippen LogP contribution is 2.38. The largest absolute Gasteiger partial charge is 0.487 e. The number of esters is 3. The van der Waals surface area contributed by atoms with E-state index in [-0.39, 0.29) is 67.1 Å². The van der Waals surface area contributed by atoms with E-state index in [1.54, 1.807) is 77.9 Å². The number of rotatable bonds is 21. The predicted molar refractivity (Wildman–Crippen MR) is 329 cm³/mol. The van der Waals surface area contributed by atoms with Gasteiger partial charge in [-0.05, 0) is 189 Å². The Morgan fingerprint density at radius 3 is 1.83 bits per heavy atom. The second kappa shape index (κ2) is 29.3. The van der Waals surface area contributed by atoms with Crippen molar-refractivity contribution >= 4 is 72.2 Å². The number of piperidine rings is 2. The Morgan fingerprint density at radius 2 is 1.24 bits per heavy atom. The van der Waals surface area contributed by atoms with Gasteiger partial charge in [-0.2, -0.15) is 0 Å². The maximum absolute atomic E-state index is 15.4. The van der Waals surface area contributed by atoms with E-state index < -0.39 is 36.6 Å². The van der Waals surface area contributed by atoms with Crippen molar-refractivity contribution in [3.8, 4) is 22.6 Å². The third-order valence-corrected chi connectivity index (χ3v) is 17.2. The number of hydrogen-bond acceptors (Lipinski definition) is 15. The number of nitrogens with one attached hydrogen (secondary N) is 1. The van der Waals surface area contributed by atoms with Crippen LogP contribution in [0.15, 0.2) is 95.5 Å². The quantitative estimate of drug-likeness (QED) is 0.0411. The zero-order valence-corrected chi connectivity index (χ0v) is 52.4. The lowest BCUT2D eigenvalue weighted by Gasteiger charge is -2.33. The molecule has 0 atom stereocenters. The molecule has 0 unspecified atom stereocenters. The summed E-state index contributed by atoms with van der Waals surface area (Å²) < 4.78 is 88.2. The van der Waals surface area contributed by atoms with Crippen molar-refractivity contribution in [2.75, 3.05) is 82.5 Å². The van der Waals surface area contributed by atoms with Gasteiger partial charge in [0, 0.05) is 47.1 Å². The normalized spacial score (nSPS) is 15.5. The van der Waals surface area contributed by atoms with Gasteiger partial charge in [-0.1, -0.05) is 69.7 Å². The van der Waals surface area contributed by atoms with Gasteiger partial charge in [0.25, 0.3) is 17.8 Å². The molecule has 21 heteroatoms. The summed E-state index contributed by atoms with van der Waals surface area (Å²) in [6, 6.07) is 27.6. The molecule has 3 aliphatic rings. The second-order valence-corrected chi connectivity index (χ2v) is 25.0. The smallest absolute Gasteiger partial charge is 0.358 e. The zero-order valence-electron chi connectivity index (χ0n) is 50.0. The van der Waals surface area contributed by atoms with Crippen LogP contribution in [0.5, 0.6) is 11.5 Å². The number of hydrogen-bond donors (Lipinski definition) is 1. The summed E-state index contributed by atoms with van der Waals surface area (Å²) in [7, 11) is 0. The van der Waals surface area contributed by atoms with Crippen LogP contribution < -0.4 is 19.7 Å². The molecule has 1 N–H and O–H groups in total. The Kier molecular flexibility index (Phi) is 22.3. The fourth-order valence-electron chi connectivity index (χ4n) is 11.0. The van der Waals surface area contributed by atoms with Crippen LogP contribution >= 0.6 is 27.3 Å². The molecule has 15 nitrogen and oxygen atoms in total. The van der Waals surface area contributed by atoms with Crippen molar-refractivity contribution < 1.29 is 60.4 Å². The number of para-hydroxylation sites is 1. The number of benzene rings is 4. The van der Waals surface area contributed by atoms with E-state index in [1.807, 2.05) is 76.2 Å². The lowest BCUT2D eigenvalue weighted by Crippen LogP contribution is -2.40. The summed E-state index contributed by atoms with van der Waals surface area (Å²) in [4.78, 5) is 66.3. The number of ether oxygens (including phenoxy) is 5. The molecular weight excluding hydrogens is 1200 g/mol. The SMILES string of the molecule is CCOC(=O)CN1CCC(CC(F)(F)COc2cccc(-c3ccc(N4CCc5cccc(C(=O)Nc6nc7ccccc7s6)c5C4)nc3C(=O)OC(C)(C)C)c2C)CC1.CCOC(=O)CN1CCC(CC(F)(F)COc2cccc(Br)c2C)CC1. The summed E-state index contributed by atoms with van der Waals surface area (Å²) in [5.41, 5.74) is 5.01. The molecule has 6 aromatic rings. The van der Waals surface area contributed by atoms with Gasteiger partial charge in [-0.15, -0.1) is 0 Å². The Bertz CT molecular complexity index is 3290. The first kappa shape index (κ1) is 65.3. The van der Waals surface area contributed by atoms with Crippen LogP contribution in [0.4, 0.5) is 28.5 Å². The summed E-state index contributed by atoms with van der Waals surface area (Å²) >= 11 is 4.79. The number of likely N-dealkylation sites (tertiary alicyclic amines) is 2. The van der Waals surface area contributed by atoms with Crippen molar-refractivity contribution in [2.24, 2.45) is 11.8 Å². The summed E-state index contributed by atoms with van der Waals surface area (Å²) in [6.07, 6.45) is 2.59. The van der Waals surface area contributed by atoms with E-state index in [0.29, 0.717) is 124 Å².